The zero-order valence-corrected chi connectivity index (χ0v) is 22.5. The van der Waals surface area contributed by atoms with Gasteiger partial charge in [0.05, 0.1) is 17.6 Å². The van der Waals surface area contributed by atoms with Crippen molar-refractivity contribution in [3.8, 4) is 28.8 Å². The molecule has 0 saturated heterocycles. The number of pyridine rings is 1. The SMILES string of the molecule is CCCCCCCCOc1cc(-c2nn[nH]n2)nc(-c2nc3ccccc3n2CCCCCCCC)c1. The van der Waals surface area contributed by atoms with Crippen LogP contribution in [0.15, 0.2) is 36.4 Å². The fraction of sp³-hybridized carbons (Fsp3) is 0.552. The van der Waals surface area contributed by atoms with Crippen LogP contribution in [0.4, 0.5) is 0 Å². The monoisotopic (exact) mass is 503 g/mol. The molecule has 0 unspecified atom stereocenters. The van der Waals surface area contributed by atoms with Gasteiger partial charge in [0.25, 0.3) is 0 Å². The van der Waals surface area contributed by atoms with Crippen molar-refractivity contribution < 1.29 is 4.74 Å². The Labute approximate surface area is 220 Å². The minimum Gasteiger partial charge on any atom is -0.493 e. The number of tetrazole rings is 1. The molecule has 0 saturated carbocycles. The van der Waals surface area contributed by atoms with Gasteiger partial charge in [0, 0.05) is 18.7 Å². The van der Waals surface area contributed by atoms with Gasteiger partial charge in [-0.2, -0.15) is 5.21 Å². The summed E-state index contributed by atoms with van der Waals surface area (Å²) in [6, 6.07) is 12.2. The third kappa shape index (κ3) is 7.60. The summed E-state index contributed by atoms with van der Waals surface area (Å²) in [5, 5.41) is 14.6. The van der Waals surface area contributed by atoms with E-state index in [-0.39, 0.29) is 0 Å². The lowest BCUT2D eigenvalue weighted by Gasteiger charge is -2.12. The standard InChI is InChI=1S/C29H41N7O/c1-3-5-7-9-11-15-19-36-27-18-14-13-17-24(27)31-29(36)26-22-23(37-20-16-12-10-8-6-4-2)21-25(30-26)28-32-34-35-33-28/h13-14,17-18,21-22H,3-12,15-16,19-20H2,1-2H3,(H,32,33,34,35). The number of ether oxygens (including phenoxy) is 1. The van der Waals surface area contributed by atoms with Gasteiger partial charge in [0.2, 0.25) is 5.82 Å². The lowest BCUT2D eigenvalue weighted by molar-refractivity contribution is 0.304. The number of benzene rings is 1. The number of nitrogens with one attached hydrogen (secondary N) is 1. The highest BCUT2D eigenvalue weighted by atomic mass is 16.5. The van der Waals surface area contributed by atoms with Crippen LogP contribution >= 0.6 is 0 Å². The summed E-state index contributed by atoms with van der Waals surface area (Å²) in [5.41, 5.74) is 3.50. The molecule has 0 aliphatic carbocycles. The Hall–Kier alpha value is -3.29. The predicted molar refractivity (Wildman–Crippen MR) is 148 cm³/mol. The maximum absolute atomic E-state index is 6.20. The van der Waals surface area contributed by atoms with Gasteiger partial charge in [-0.25, -0.2) is 9.97 Å². The Balaban J connectivity index is 1.56. The molecule has 0 aliphatic rings. The van der Waals surface area contributed by atoms with Crippen LogP contribution in [0.2, 0.25) is 0 Å². The molecular formula is C29H41N7O. The van der Waals surface area contributed by atoms with E-state index in [1.54, 1.807) is 0 Å². The van der Waals surface area contributed by atoms with Crippen LogP contribution in [0.5, 0.6) is 5.75 Å². The van der Waals surface area contributed by atoms with Crippen LogP contribution in [0, 0.1) is 0 Å². The number of imidazole rings is 1. The molecule has 4 rings (SSSR count). The number of aromatic nitrogens is 7. The molecule has 37 heavy (non-hydrogen) atoms. The minimum absolute atomic E-state index is 0.449. The first kappa shape index (κ1) is 26.8. The Bertz CT molecular complexity index is 1200. The third-order valence-electron chi connectivity index (χ3n) is 6.76. The Kier molecular flexibility index (Phi) is 10.5. The second-order valence-electron chi connectivity index (χ2n) is 9.77. The summed E-state index contributed by atoms with van der Waals surface area (Å²) in [7, 11) is 0. The van der Waals surface area contributed by atoms with E-state index >= 15 is 0 Å². The third-order valence-corrected chi connectivity index (χ3v) is 6.76. The highest BCUT2D eigenvalue weighted by Crippen LogP contribution is 2.29. The molecule has 8 nitrogen and oxygen atoms in total. The maximum atomic E-state index is 6.20. The fourth-order valence-corrected chi connectivity index (χ4v) is 4.71. The average Bonchev–Trinajstić information content (AvgIpc) is 3.59. The van der Waals surface area contributed by atoms with Gasteiger partial charge in [-0.05, 0) is 30.2 Å². The fourth-order valence-electron chi connectivity index (χ4n) is 4.71. The van der Waals surface area contributed by atoms with Crippen LogP contribution < -0.4 is 4.74 Å². The van der Waals surface area contributed by atoms with Crippen molar-refractivity contribution in [1.29, 1.82) is 0 Å². The number of fused-ring (bicyclic) bond motifs is 1. The molecule has 198 valence electrons. The van der Waals surface area contributed by atoms with Gasteiger partial charge < -0.3 is 9.30 Å². The molecule has 4 aromatic rings. The zero-order valence-electron chi connectivity index (χ0n) is 22.5. The van der Waals surface area contributed by atoms with Crippen molar-refractivity contribution in [2.45, 2.75) is 97.4 Å². The first-order chi connectivity index (χ1) is 18.3. The van der Waals surface area contributed by atoms with Crippen LogP contribution in [0.3, 0.4) is 0 Å². The Morgan fingerprint density at radius 2 is 1.49 bits per heavy atom. The Morgan fingerprint density at radius 1 is 0.784 bits per heavy atom. The number of para-hydroxylation sites is 2. The predicted octanol–water partition coefficient (Wildman–Crippen LogP) is 7.38. The van der Waals surface area contributed by atoms with Crippen molar-refractivity contribution in [2.24, 2.45) is 0 Å². The van der Waals surface area contributed by atoms with Crippen LogP contribution in [0.1, 0.15) is 90.9 Å². The summed E-state index contributed by atoms with van der Waals surface area (Å²) >= 11 is 0. The maximum Gasteiger partial charge on any atom is 0.223 e. The molecule has 3 aromatic heterocycles. The molecule has 0 atom stereocenters. The number of aryl methyl sites for hydroxylation is 1. The van der Waals surface area contributed by atoms with E-state index in [1.807, 2.05) is 18.2 Å². The Morgan fingerprint density at radius 3 is 2.24 bits per heavy atom. The van der Waals surface area contributed by atoms with Crippen molar-refractivity contribution in [3.63, 3.8) is 0 Å². The van der Waals surface area contributed by atoms with E-state index in [0.29, 0.717) is 18.1 Å². The largest absolute Gasteiger partial charge is 0.493 e. The topological polar surface area (TPSA) is 94.4 Å². The molecule has 1 aromatic carbocycles. The van der Waals surface area contributed by atoms with Crippen molar-refractivity contribution in [3.05, 3.63) is 36.4 Å². The van der Waals surface area contributed by atoms with E-state index in [2.05, 4.69) is 57.2 Å². The molecule has 3 heterocycles. The van der Waals surface area contributed by atoms with Gasteiger partial charge in [-0.1, -0.05) is 90.2 Å². The number of aromatic amines is 1. The number of nitrogens with zero attached hydrogens (tertiary/aromatic N) is 6. The second-order valence-corrected chi connectivity index (χ2v) is 9.77. The molecule has 0 aliphatic heterocycles. The van der Waals surface area contributed by atoms with E-state index in [0.717, 1.165) is 47.7 Å². The summed E-state index contributed by atoms with van der Waals surface area (Å²) in [6.07, 6.45) is 14.8. The molecule has 0 spiro atoms. The van der Waals surface area contributed by atoms with Gasteiger partial charge in [-0.3, -0.25) is 0 Å². The van der Waals surface area contributed by atoms with Gasteiger partial charge in [-0.15, -0.1) is 10.2 Å². The highest BCUT2D eigenvalue weighted by Gasteiger charge is 2.17. The lowest BCUT2D eigenvalue weighted by Crippen LogP contribution is -2.04. The molecule has 0 amide bonds. The van der Waals surface area contributed by atoms with E-state index in [4.69, 9.17) is 14.7 Å². The molecule has 1 N–H and O–H groups in total. The number of unbranched alkanes of at least 4 members (excludes halogenated alkanes) is 10. The summed E-state index contributed by atoms with van der Waals surface area (Å²) in [6.45, 7) is 6.08. The summed E-state index contributed by atoms with van der Waals surface area (Å²) in [4.78, 5) is 9.89. The van der Waals surface area contributed by atoms with E-state index < -0.39 is 0 Å². The molecule has 0 bridgehead atoms. The quantitative estimate of drug-likeness (QED) is 0.151. The van der Waals surface area contributed by atoms with Crippen molar-refractivity contribution in [2.75, 3.05) is 6.61 Å². The van der Waals surface area contributed by atoms with E-state index in [9.17, 15) is 0 Å². The van der Waals surface area contributed by atoms with Gasteiger partial charge >= 0.3 is 0 Å². The van der Waals surface area contributed by atoms with Crippen molar-refractivity contribution in [1.82, 2.24) is 35.2 Å². The van der Waals surface area contributed by atoms with Crippen LogP contribution in [-0.2, 0) is 6.54 Å². The summed E-state index contributed by atoms with van der Waals surface area (Å²) in [5.74, 6) is 2.06. The van der Waals surface area contributed by atoms with Gasteiger partial charge in [0.15, 0.2) is 5.82 Å². The average molecular weight is 504 g/mol. The first-order valence-electron chi connectivity index (χ1n) is 14.1. The number of H-pyrrole nitrogens is 1. The van der Waals surface area contributed by atoms with Gasteiger partial charge in [0.1, 0.15) is 17.1 Å². The number of rotatable bonds is 17. The van der Waals surface area contributed by atoms with Crippen molar-refractivity contribution >= 4 is 11.0 Å². The smallest absolute Gasteiger partial charge is 0.223 e. The molecule has 8 heteroatoms. The van der Waals surface area contributed by atoms with Crippen LogP contribution in [-0.4, -0.2) is 41.8 Å². The minimum atomic E-state index is 0.449. The lowest BCUT2D eigenvalue weighted by atomic mass is 10.1. The normalized spacial score (nSPS) is 11.4. The second kappa shape index (κ2) is 14.4. The highest BCUT2D eigenvalue weighted by molar-refractivity contribution is 5.80. The zero-order chi connectivity index (χ0) is 25.7. The van der Waals surface area contributed by atoms with Crippen LogP contribution in [0.25, 0.3) is 34.1 Å². The molecular weight excluding hydrogens is 462 g/mol. The molecule has 0 fully saturated rings. The summed E-state index contributed by atoms with van der Waals surface area (Å²) < 4.78 is 8.50. The number of hydrogen-bond donors (Lipinski definition) is 1. The van der Waals surface area contributed by atoms with E-state index in [1.165, 1.54) is 64.2 Å². The first-order valence-corrected chi connectivity index (χ1v) is 14.1. The molecule has 0 radical (unpaired) electrons. The number of hydrogen-bond acceptors (Lipinski definition) is 6.